The quantitative estimate of drug-likeness (QED) is 0.0347. The van der Waals surface area contributed by atoms with Crippen molar-refractivity contribution in [3.05, 3.63) is 161 Å². The van der Waals surface area contributed by atoms with E-state index < -0.39 is 35.6 Å². The van der Waals surface area contributed by atoms with Gasteiger partial charge in [0.05, 0.1) is 18.5 Å². The molecule has 7 N–H and O–H groups in total. The summed E-state index contributed by atoms with van der Waals surface area (Å²) in [4.78, 5) is 65.3. The van der Waals surface area contributed by atoms with Crippen molar-refractivity contribution in [1.29, 1.82) is 0 Å². The van der Waals surface area contributed by atoms with Gasteiger partial charge in [0.15, 0.2) is 6.29 Å². The third-order valence-electron chi connectivity index (χ3n) is 7.71. The lowest BCUT2D eigenvalue weighted by atomic mass is 9.99. The van der Waals surface area contributed by atoms with Crippen LogP contribution in [-0.4, -0.2) is 62.9 Å². The first-order valence-corrected chi connectivity index (χ1v) is 16.6. The van der Waals surface area contributed by atoms with Crippen LogP contribution in [-0.2, 0) is 19.1 Å². The summed E-state index contributed by atoms with van der Waals surface area (Å²) >= 11 is 0. The highest BCUT2D eigenvalue weighted by molar-refractivity contribution is 6.49. The van der Waals surface area contributed by atoms with Gasteiger partial charge in [0.1, 0.15) is 5.82 Å². The number of Topliss-reactive ketones (excluding diaryl/α,β-unsaturated/α-hetero) is 2. The van der Waals surface area contributed by atoms with Crippen LogP contribution in [0.15, 0.2) is 121 Å². The van der Waals surface area contributed by atoms with Gasteiger partial charge in [-0.15, -0.1) is 0 Å². The first-order chi connectivity index (χ1) is 26.3. The second-order valence-corrected chi connectivity index (χ2v) is 11.8. The van der Waals surface area contributed by atoms with Gasteiger partial charge < -0.3 is 31.4 Å². The average Bonchev–Trinajstić information content (AvgIpc) is 3.59. The van der Waals surface area contributed by atoms with E-state index in [1.54, 1.807) is 42.5 Å². The Kier molecular flexibility index (Phi) is 14.4. The average molecular weight is 739 g/mol. The van der Waals surface area contributed by atoms with Gasteiger partial charge in [-0.3, -0.25) is 19.2 Å². The Morgan fingerprint density at radius 2 is 1.02 bits per heavy atom. The molecule has 1 heterocycles. The number of aliphatic hydroxyl groups excluding tert-OH is 1. The van der Waals surface area contributed by atoms with Gasteiger partial charge in [0, 0.05) is 40.5 Å². The number of methoxy groups -OCH3 is 1. The normalized spacial score (nSPS) is 11.3. The van der Waals surface area contributed by atoms with Gasteiger partial charge >= 0.3 is 5.97 Å². The van der Waals surface area contributed by atoms with Crippen molar-refractivity contribution in [1.82, 2.24) is 9.97 Å². The highest BCUT2D eigenvalue weighted by Gasteiger charge is 2.18. The maximum atomic E-state index is 12.4. The van der Waals surface area contributed by atoms with Crippen LogP contribution in [0.5, 0.6) is 0 Å². The monoisotopic (exact) mass is 738 g/mol. The fourth-order valence-electron chi connectivity index (χ4n) is 4.96. The number of esters is 1. The van der Waals surface area contributed by atoms with Crippen LogP contribution >= 0.6 is 0 Å². The number of carbonyl (C=O) groups is 5. The maximum absolute atomic E-state index is 12.4. The number of ether oxygens (including phenoxy) is 1. The number of imidazole rings is 1. The first kappa shape index (κ1) is 40.5. The minimum atomic E-state index is -1.47. The minimum Gasteiger partial charge on any atom is -0.466 e. The summed E-state index contributed by atoms with van der Waals surface area (Å²) < 4.78 is 4.50. The van der Waals surface area contributed by atoms with E-state index in [-0.39, 0.29) is 11.1 Å². The van der Waals surface area contributed by atoms with E-state index >= 15 is 0 Å². The van der Waals surface area contributed by atoms with Crippen LogP contribution in [0.1, 0.15) is 48.8 Å². The molecule has 12 nitrogen and oxygen atoms in total. The summed E-state index contributed by atoms with van der Waals surface area (Å²) in [6.07, 6.45) is 9.99. The summed E-state index contributed by atoms with van der Waals surface area (Å²) in [6.45, 7) is 1.90. The summed E-state index contributed by atoms with van der Waals surface area (Å²) in [5.41, 5.74) is 17.4. The molecule has 0 radical (unpaired) electrons. The largest absolute Gasteiger partial charge is 0.466 e. The van der Waals surface area contributed by atoms with Crippen molar-refractivity contribution < 1.29 is 38.9 Å². The van der Waals surface area contributed by atoms with Crippen molar-refractivity contribution in [3.63, 3.8) is 0 Å². The van der Waals surface area contributed by atoms with Crippen LogP contribution in [0.2, 0.25) is 0 Å². The van der Waals surface area contributed by atoms with Crippen molar-refractivity contribution in [2.24, 2.45) is 11.5 Å². The lowest BCUT2D eigenvalue weighted by Gasteiger charge is -2.05. The predicted molar refractivity (Wildman–Crippen MR) is 211 cm³/mol. The molecule has 0 saturated heterocycles. The minimum absolute atomic E-state index is 0.242. The summed E-state index contributed by atoms with van der Waals surface area (Å²) in [5, 5.41) is 17.8. The number of hydrogen-bond acceptors (Lipinski definition) is 9. The number of nitrogens with zero attached hydrogens (tertiary/aromatic N) is 1. The number of hydrogen-bond donors (Lipinski definition) is 5. The second-order valence-electron chi connectivity index (χ2n) is 11.8. The lowest BCUT2D eigenvalue weighted by Crippen LogP contribution is -2.14. The van der Waals surface area contributed by atoms with E-state index in [2.05, 4.69) is 14.7 Å². The Morgan fingerprint density at radius 1 is 0.618 bits per heavy atom. The third-order valence-corrected chi connectivity index (χ3v) is 7.71. The Balaban J connectivity index is 0.000000245. The number of amides is 2. The van der Waals surface area contributed by atoms with Gasteiger partial charge in [-0.2, -0.15) is 0 Å². The van der Waals surface area contributed by atoms with E-state index in [0.717, 1.165) is 39.5 Å². The predicted octanol–water partition coefficient (Wildman–Crippen LogP) is 5.31. The number of ketones is 2. The molecule has 1 aromatic heterocycles. The Morgan fingerprint density at radius 3 is 1.44 bits per heavy atom. The molecule has 2 amide bonds. The summed E-state index contributed by atoms with van der Waals surface area (Å²) in [6, 6.07) is 27.9. The number of H-pyrrole nitrogens is 1. The number of nitrogens with one attached hydrogen (secondary N) is 1. The van der Waals surface area contributed by atoms with Gasteiger partial charge in [-0.05, 0) is 53.5 Å². The fraction of sp³-hybridized carbons (Fsp3) is 0.0698. The van der Waals surface area contributed by atoms with Crippen LogP contribution < -0.4 is 11.5 Å². The van der Waals surface area contributed by atoms with Gasteiger partial charge in [-0.1, -0.05) is 103 Å². The van der Waals surface area contributed by atoms with Crippen LogP contribution in [0.4, 0.5) is 0 Å². The first-order valence-electron chi connectivity index (χ1n) is 16.6. The molecule has 5 aromatic rings. The highest BCUT2D eigenvalue weighted by Crippen LogP contribution is 2.31. The molecule has 0 saturated carbocycles. The van der Waals surface area contributed by atoms with Gasteiger partial charge in [-0.25, -0.2) is 9.78 Å². The van der Waals surface area contributed by atoms with Crippen LogP contribution in [0, 0.1) is 6.92 Å². The lowest BCUT2D eigenvalue weighted by molar-refractivity contribution is -0.134. The zero-order valence-corrected chi connectivity index (χ0v) is 29.9. The molecule has 55 heavy (non-hydrogen) atoms. The Hall–Kier alpha value is -7.28. The summed E-state index contributed by atoms with van der Waals surface area (Å²) in [7, 11) is 1.28. The molecule has 0 atom stereocenters. The number of aliphatic hydroxyl groups is 2. The maximum Gasteiger partial charge on any atom is 0.330 e. The zero-order chi connectivity index (χ0) is 39.9. The fourth-order valence-corrected chi connectivity index (χ4v) is 4.96. The number of aromatic amines is 1. The van der Waals surface area contributed by atoms with Crippen LogP contribution in [0.25, 0.3) is 46.8 Å². The number of benzene rings is 4. The molecular formula is C43H38N4O8. The second kappa shape index (κ2) is 19.5. The molecule has 0 bridgehead atoms. The van der Waals surface area contributed by atoms with E-state index in [1.807, 2.05) is 55.5 Å². The number of primary amides is 2. The molecule has 0 unspecified atom stereocenters. The summed E-state index contributed by atoms with van der Waals surface area (Å²) in [5.74, 6) is -2.02. The van der Waals surface area contributed by atoms with Crippen LogP contribution in [0.3, 0.4) is 0 Å². The molecule has 278 valence electrons. The number of carbonyl (C=O) groups excluding carboxylic acids is 5. The zero-order valence-electron chi connectivity index (χ0n) is 29.9. The molecule has 0 spiro atoms. The standard InChI is InChI=1S/C22H21N3O3.C21H17NO5/c1-14-24-21(17-8-2-15(3-9-17)6-12-19(23)26)22(25-14)18-10-4-16(5-11-18)7-13-20(27)28;1-27-19(24)13-7-15-4-10-17(11-5-15)21(26)20(25)16-8-2-14(3-9-16)6-12-18(22)23/h2-13,20,27-28H,1H3,(H2,23,26)(H,24,25);2-13H,1H3,(H2,22,23)/b2*12-6+,13-7+. The molecule has 0 aliphatic carbocycles. The number of rotatable bonds is 13. The van der Waals surface area contributed by atoms with Gasteiger partial charge in [0.2, 0.25) is 23.4 Å². The number of aryl methyl sites for hydroxylation is 1. The van der Waals surface area contributed by atoms with Crippen molar-refractivity contribution in [2.75, 3.05) is 7.11 Å². The van der Waals surface area contributed by atoms with E-state index in [1.165, 1.54) is 61.8 Å². The SMILES string of the molecule is COC(=O)/C=C/c1ccc(C(=O)C(=O)c2ccc(/C=C/C(N)=O)cc2)cc1.Cc1nc(-c2ccc(/C=C/C(N)=O)cc2)c(-c2ccc(/C=C/C(O)O)cc2)[nH]1. The van der Waals surface area contributed by atoms with E-state index in [0.29, 0.717) is 11.1 Å². The topological polar surface area (TPSA) is 216 Å². The van der Waals surface area contributed by atoms with Crippen molar-refractivity contribution in [2.45, 2.75) is 13.2 Å². The molecule has 0 aliphatic heterocycles. The smallest absolute Gasteiger partial charge is 0.330 e. The molecule has 0 aliphatic rings. The Bertz CT molecular complexity index is 2260. The van der Waals surface area contributed by atoms with Gasteiger partial charge in [0.25, 0.3) is 0 Å². The number of nitrogens with two attached hydrogens (primary N) is 2. The van der Waals surface area contributed by atoms with Crippen molar-refractivity contribution in [3.8, 4) is 22.5 Å². The third kappa shape index (κ3) is 12.4. The Labute approximate surface area is 316 Å². The molecule has 5 rings (SSSR count). The molecule has 4 aromatic carbocycles. The van der Waals surface area contributed by atoms with E-state index in [9.17, 15) is 24.0 Å². The molecule has 12 heteroatoms. The highest BCUT2D eigenvalue weighted by atomic mass is 16.5. The van der Waals surface area contributed by atoms with Crippen molar-refractivity contribution >= 4 is 53.7 Å². The molecular weight excluding hydrogens is 700 g/mol. The number of aromatic nitrogens is 2. The molecule has 0 fully saturated rings. The van der Waals surface area contributed by atoms with E-state index in [4.69, 9.17) is 21.7 Å².